The summed E-state index contributed by atoms with van der Waals surface area (Å²) in [7, 11) is 1.61. The Kier molecular flexibility index (Phi) is 5.06. The number of amides is 1. The number of benzene rings is 1. The molecular weight excluding hydrogens is 244 g/mol. The highest BCUT2D eigenvalue weighted by Crippen LogP contribution is 2.13. The van der Waals surface area contributed by atoms with E-state index in [1.165, 1.54) is 0 Å². The fraction of sp³-hybridized carbons (Fsp3) is 0.429. The molecule has 104 valence electrons. The number of hydrogen-bond donors (Lipinski definition) is 3. The predicted molar refractivity (Wildman–Crippen MR) is 73.0 cm³/mol. The number of carbonyl (C=O) groups excluding carboxylic acids is 1. The third-order valence-electron chi connectivity index (χ3n) is 2.91. The van der Waals surface area contributed by atoms with Gasteiger partial charge in [-0.15, -0.1) is 0 Å². The second-order valence-corrected chi connectivity index (χ2v) is 5.07. The van der Waals surface area contributed by atoms with Gasteiger partial charge >= 0.3 is 5.97 Å². The van der Waals surface area contributed by atoms with Gasteiger partial charge in [0.15, 0.2) is 0 Å². The molecule has 0 heterocycles. The number of rotatable bonds is 6. The molecule has 0 radical (unpaired) electrons. The normalized spacial score (nSPS) is 11.1. The lowest BCUT2D eigenvalue weighted by atomic mass is 9.92. The van der Waals surface area contributed by atoms with Crippen molar-refractivity contribution >= 4 is 11.9 Å². The minimum Gasteiger partial charge on any atom is -0.478 e. The number of hydrogen-bond acceptors (Lipinski definition) is 3. The van der Waals surface area contributed by atoms with Crippen molar-refractivity contribution < 1.29 is 14.7 Å². The highest BCUT2D eigenvalue weighted by Gasteiger charge is 2.25. The van der Waals surface area contributed by atoms with Crippen molar-refractivity contribution in [1.82, 2.24) is 10.6 Å². The third-order valence-corrected chi connectivity index (χ3v) is 2.91. The van der Waals surface area contributed by atoms with E-state index in [0.29, 0.717) is 13.1 Å². The Morgan fingerprint density at radius 3 is 2.58 bits per heavy atom. The Balaban J connectivity index is 2.56. The molecule has 0 aliphatic carbocycles. The van der Waals surface area contributed by atoms with E-state index in [1.54, 1.807) is 25.2 Å². The molecule has 1 amide bonds. The molecule has 0 spiro atoms. The molecule has 0 aliphatic heterocycles. The first-order valence-corrected chi connectivity index (χ1v) is 6.12. The summed E-state index contributed by atoms with van der Waals surface area (Å²) in [6.07, 6.45) is 0. The first-order valence-electron chi connectivity index (χ1n) is 6.12. The Morgan fingerprint density at radius 1 is 1.32 bits per heavy atom. The number of carboxylic acid groups (broad SMARTS) is 1. The first-order chi connectivity index (χ1) is 8.86. The molecule has 5 nitrogen and oxygen atoms in total. The van der Waals surface area contributed by atoms with E-state index in [-0.39, 0.29) is 11.5 Å². The Hall–Kier alpha value is -1.88. The van der Waals surface area contributed by atoms with Crippen LogP contribution in [0.2, 0.25) is 0 Å². The van der Waals surface area contributed by atoms with Crippen LogP contribution in [0.25, 0.3) is 0 Å². The van der Waals surface area contributed by atoms with Gasteiger partial charge in [-0.05, 0) is 31.5 Å². The van der Waals surface area contributed by atoms with Crippen molar-refractivity contribution in [2.45, 2.75) is 20.4 Å². The van der Waals surface area contributed by atoms with Gasteiger partial charge < -0.3 is 15.7 Å². The summed E-state index contributed by atoms with van der Waals surface area (Å²) in [4.78, 5) is 22.4. The van der Waals surface area contributed by atoms with Gasteiger partial charge in [0.05, 0.1) is 11.0 Å². The molecule has 0 bridgehead atoms. The van der Waals surface area contributed by atoms with Crippen LogP contribution < -0.4 is 10.6 Å². The molecule has 1 aromatic carbocycles. The lowest BCUT2D eigenvalue weighted by molar-refractivity contribution is -0.128. The molecule has 0 fully saturated rings. The van der Waals surface area contributed by atoms with Crippen molar-refractivity contribution in [3.05, 3.63) is 35.4 Å². The van der Waals surface area contributed by atoms with Crippen molar-refractivity contribution in [3.8, 4) is 0 Å². The molecule has 1 rings (SSSR count). The van der Waals surface area contributed by atoms with E-state index >= 15 is 0 Å². The highest BCUT2D eigenvalue weighted by molar-refractivity contribution is 5.87. The standard InChI is InChI=1S/C14H20N2O3/c1-14(2,13(19)15-3)9-16-8-10-5-4-6-11(7-10)12(17)18/h4-7,16H,8-9H2,1-3H3,(H,15,19)(H,17,18). The largest absolute Gasteiger partial charge is 0.478 e. The average molecular weight is 264 g/mol. The summed E-state index contributed by atoms with van der Waals surface area (Å²) in [5.74, 6) is -0.966. The maximum absolute atomic E-state index is 11.6. The van der Waals surface area contributed by atoms with Crippen LogP contribution in [0.1, 0.15) is 29.8 Å². The maximum atomic E-state index is 11.6. The molecule has 0 saturated carbocycles. The number of carboxylic acids is 1. The summed E-state index contributed by atoms with van der Waals surface area (Å²) < 4.78 is 0. The zero-order chi connectivity index (χ0) is 14.5. The van der Waals surface area contributed by atoms with Crippen LogP contribution in [0.4, 0.5) is 0 Å². The predicted octanol–water partition coefficient (Wildman–Crippen LogP) is 1.25. The fourth-order valence-electron chi connectivity index (χ4n) is 1.75. The monoisotopic (exact) mass is 264 g/mol. The van der Waals surface area contributed by atoms with Crippen LogP contribution >= 0.6 is 0 Å². The van der Waals surface area contributed by atoms with E-state index in [9.17, 15) is 9.59 Å². The van der Waals surface area contributed by atoms with Gasteiger partial charge in [0.1, 0.15) is 0 Å². The van der Waals surface area contributed by atoms with E-state index in [1.807, 2.05) is 19.9 Å². The van der Waals surface area contributed by atoms with Crippen LogP contribution in [0.15, 0.2) is 24.3 Å². The van der Waals surface area contributed by atoms with Gasteiger partial charge in [0, 0.05) is 20.1 Å². The van der Waals surface area contributed by atoms with Crippen LogP contribution in [-0.4, -0.2) is 30.6 Å². The van der Waals surface area contributed by atoms with Gasteiger partial charge in [-0.2, -0.15) is 0 Å². The van der Waals surface area contributed by atoms with Crippen molar-refractivity contribution in [2.75, 3.05) is 13.6 Å². The molecule has 0 saturated heterocycles. The number of carbonyl (C=O) groups is 2. The zero-order valence-electron chi connectivity index (χ0n) is 11.5. The SMILES string of the molecule is CNC(=O)C(C)(C)CNCc1cccc(C(=O)O)c1. The summed E-state index contributed by atoms with van der Waals surface area (Å²) in [6.45, 7) is 4.75. The van der Waals surface area contributed by atoms with Gasteiger partial charge in [0.25, 0.3) is 0 Å². The van der Waals surface area contributed by atoms with Crippen LogP contribution in [0.3, 0.4) is 0 Å². The molecule has 0 atom stereocenters. The summed E-state index contributed by atoms with van der Waals surface area (Å²) >= 11 is 0. The highest BCUT2D eigenvalue weighted by atomic mass is 16.4. The molecular formula is C14H20N2O3. The molecule has 0 aromatic heterocycles. The van der Waals surface area contributed by atoms with Crippen LogP contribution in [-0.2, 0) is 11.3 Å². The van der Waals surface area contributed by atoms with Crippen LogP contribution in [0.5, 0.6) is 0 Å². The van der Waals surface area contributed by atoms with Crippen LogP contribution in [0, 0.1) is 5.41 Å². The van der Waals surface area contributed by atoms with Gasteiger partial charge in [-0.3, -0.25) is 4.79 Å². The summed E-state index contributed by atoms with van der Waals surface area (Å²) in [5.41, 5.74) is 0.650. The van der Waals surface area contributed by atoms with Gasteiger partial charge in [-0.1, -0.05) is 12.1 Å². The Labute approximate surface area is 113 Å². The summed E-state index contributed by atoms with van der Waals surface area (Å²) in [5, 5.41) is 14.7. The molecule has 3 N–H and O–H groups in total. The molecule has 1 aromatic rings. The van der Waals surface area contributed by atoms with E-state index in [0.717, 1.165) is 5.56 Å². The van der Waals surface area contributed by atoms with E-state index < -0.39 is 11.4 Å². The summed E-state index contributed by atoms with van der Waals surface area (Å²) in [6, 6.07) is 6.75. The maximum Gasteiger partial charge on any atom is 0.335 e. The lowest BCUT2D eigenvalue weighted by Gasteiger charge is -2.23. The lowest BCUT2D eigenvalue weighted by Crippen LogP contribution is -2.41. The quantitative estimate of drug-likeness (QED) is 0.722. The molecule has 0 aliphatic rings. The molecule has 0 unspecified atom stereocenters. The average Bonchev–Trinajstić information content (AvgIpc) is 2.37. The van der Waals surface area contributed by atoms with Gasteiger partial charge in [0.2, 0.25) is 5.91 Å². The number of nitrogens with one attached hydrogen (secondary N) is 2. The Bertz CT molecular complexity index is 470. The van der Waals surface area contributed by atoms with Crippen molar-refractivity contribution in [2.24, 2.45) is 5.41 Å². The smallest absolute Gasteiger partial charge is 0.335 e. The van der Waals surface area contributed by atoms with Crippen molar-refractivity contribution in [3.63, 3.8) is 0 Å². The second kappa shape index (κ2) is 6.33. The topological polar surface area (TPSA) is 78.4 Å². The van der Waals surface area contributed by atoms with Gasteiger partial charge in [-0.25, -0.2) is 4.79 Å². The minimum atomic E-state index is -0.937. The second-order valence-electron chi connectivity index (χ2n) is 5.07. The Morgan fingerprint density at radius 2 is 2.00 bits per heavy atom. The van der Waals surface area contributed by atoms with E-state index in [4.69, 9.17) is 5.11 Å². The van der Waals surface area contributed by atoms with E-state index in [2.05, 4.69) is 10.6 Å². The first kappa shape index (κ1) is 15.2. The number of aromatic carboxylic acids is 1. The molecule has 19 heavy (non-hydrogen) atoms. The minimum absolute atomic E-state index is 0.0284. The fourth-order valence-corrected chi connectivity index (χ4v) is 1.75. The third kappa shape index (κ3) is 4.37. The molecule has 5 heteroatoms. The zero-order valence-corrected chi connectivity index (χ0v) is 11.5. The van der Waals surface area contributed by atoms with Crippen molar-refractivity contribution in [1.29, 1.82) is 0 Å².